The second kappa shape index (κ2) is 5.98. The fourth-order valence-corrected chi connectivity index (χ4v) is 4.20. The quantitative estimate of drug-likeness (QED) is 0.889. The second-order valence-electron chi connectivity index (χ2n) is 6.69. The molecule has 0 bridgehead atoms. The molecule has 21 heavy (non-hydrogen) atoms. The fourth-order valence-electron chi connectivity index (χ4n) is 4.20. The highest BCUT2D eigenvalue weighted by Crippen LogP contribution is 2.46. The molecule has 0 aromatic heterocycles. The van der Waals surface area contributed by atoms with Gasteiger partial charge in [-0.1, -0.05) is 19.9 Å². The molecule has 2 N–H and O–H groups in total. The van der Waals surface area contributed by atoms with Crippen LogP contribution in [0.15, 0.2) is 12.1 Å². The van der Waals surface area contributed by atoms with Gasteiger partial charge in [-0.05, 0) is 55.2 Å². The topological polar surface area (TPSA) is 41.5 Å². The highest BCUT2D eigenvalue weighted by Gasteiger charge is 2.33. The third kappa shape index (κ3) is 2.69. The van der Waals surface area contributed by atoms with Crippen LogP contribution in [0.1, 0.15) is 61.8 Å². The largest absolute Gasteiger partial charge is 0.508 e. The summed E-state index contributed by atoms with van der Waals surface area (Å²) in [5, 5.41) is 14.0. The van der Waals surface area contributed by atoms with Crippen LogP contribution in [0.4, 0.5) is 0 Å². The molecule has 3 nitrogen and oxygen atoms in total. The normalized spacial score (nSPS) is 31.6. The van der Waals surface area contributed by atoms with Crippen molar-refractivity contribution in [3.8, 4) is 5.75 Å². The van der Waals surface area contributed by atoms with Gasteiger partial charge in [0, 0.05) is 24.8 Å². The number of fused-ring (bicyclic) bond motifs is 1. The molecule has 1 fully saturated rings. The molecule has 1 aromatic rings. The monoisotopic (exact) mass is 289 g/mol. The van der Waals surface area contributed by atoms with Crippen molar-refractivity contribution in [2.45, 2.75) is 58.1 Å². The summed E-state index contributed by atoms with van der Waals surface area (Å²) in [7, 11) is 0. The number of phenols is 1. The average molecular weight is 289 g/mol. The van der Waals surface area contributed by atoms with Gasteiger partial charge in [0.25, 0.3) is 0 Å². The van der Waals surface area contributed by atoms with Crippen LogP contribution >= 0.6 is 0 Å². The zero-order valence-electron chi connectivity index (χ0n) is 13.4. The van der Waals surface area contributed by atoms with Crippen molar-refractivity contribution < 1.29 is 9.84 Å². The minimum atomic E-state index is 0.285. The van der Waals surface area contributed by atoms with Crippen LogP contribution in [0.25, 0.3) is 0 Å². The summed E-state index contributed by atoms with van der Waals surface area (Å²) in [5.41, 5.74) is 3.78. The maximum atomic E-state index is 10.3. The predicted molar refractivity (Wildman–Crippen MR) is 84.8 cm³/mol. The zero-order chi connectivity index (χ0) is 15.0. The Bertz CT molecular complexity index is 514. The number of nitrogens with one attached hydrogen (secondary N) is 1. The Morgan fingerprint density at radius 2 is 2.14 bits per heavy atom. The summed E-state index contributed by atoms with van der Waals surface area (Å²) in [4.78, 5) is 0. The van der Waals surface area contributed by atoms with Crippen molar-refractivity contribution in [3.63, 3.8) is 0 Å². The third-order valence-corrected chi connectivity index (χ3v) is 5.29. The van der Waals surface area contributed by atoms with Gasteiger partial charge in [0.15, 0.2) is 0 Å². The summed E-state index contributed by atoms with van der Waals surface area (Å²) in [6, 6.07) is 4.16. The van der Waals surface area contributed by atoms with E-state index < -0.39 is 0 Å². The molecule has 0 saturated carbocycles. The molecule has 1 aromatic carbocycles. The Morgan fingerprint density at radius 1 is 1.33 bits per heavy atom. The molecule has 1 aliphatic heterocycles. The summed E-state index contributed by atoms with van der Waals surface area (Å²) < 4.78 is 5.77. The summed E-state index contributed by atoms with van der Waals surface area (Å²) in [6.45, 7) is 8.50. The number of benzene rings is 1. The van der Waals surface area contributed by atoms with Crippen LogP contribution in [0.3, 0.4) is 0 Å². The molecule has 0 radical (unpaired) electrons. The molecule has 1 saturated heterocycles. The van der Waals surface area contributed by atoms with Gasteiger partial charge in [-0.2, -0.15) is 0 Å². The van der Waals surface area contributed by atoms with E-state index in [1.165, 1.54) is 11.1 Å². The lowest BCUT2D eigenvalue weighted by Crippen LogP contribution is -2.30. The summed E-state index contributed by atoms with van der Waals surface area (Å²) in [5.74, 6) is 1.58. The van der Waals surface area contributed by atoms with Gasteiger partial charge in [0.2, 0.25) is 0 Å². The number of aromatic hydroxyl groups is 1. The molecular weight excluding hydrogens is 262 g/mol. The van der Waals surface area contributed by atoms with Crippen molar-refractivity contribution in [1.29, 1.82) is 0 Å². The van der Waals surface area contributed by atoms with Crippen LogP contribution in [-0.4, -0.2) is 24.4 Å². The van der Waals surface area contributed by atoms with E-state index in [1.807, 2.05) is 12.1 Å². The second-order valence-corrected chi connectivity index (χ2v) is 6.69. The van der Waals surface area contributed by atoms with E-state index in [-0.39, 0.29) is 6.04 Å². The molecule has 1 aliphatic carbocycles. The molecule has 0 spiro atoms. The lowest BCUT2D eigenvalue weighted by atomic mass is 9.97. The minimum absolute atomic E-state index is 0.285. The van der Waals surface area contributed by atoms with Crippen LogP contribution < -0.4 is 5.32 Å². The molecule has 116 valence electrons. The first-order valence-corrected chi connectivity index (χ1v) is 8.29. The van der Waals surface area contributed by atoms with Gasteiger partial charge < -0.3 is 15.2 Å². The van der Waals surface area contributed by atoms with Crippen molar-refractivity contribution in [2.24, 2.45) is 5.92 Å². The average Bonchev–Trinajstić information content (AvgIpc) is 3.05. The van der Waals surface area contributed by atoms with E-state index in [2.05, 4.69) is 26.1 Å². The highest BCUT2D eigenvalue weighted by atomic mass is 16.5. The molecular formula is C18H27NO2. The van der Waals surface area contributed by atoms with Crippen molar-refractivity contribution in [1.82, 2.24) is 5.32 Å². The van der Waals surface area contributed by atoms with Crippen molar-refractivity contribution >= 4 is 0 Å². The maximum absolute atomic E-state index is 10.3. The number of ether oxygens (including phenoxy) is 1. The first-order valence-electron chi connectivity index (χ1n) is 8.29. The Morgan fingerprint density at radius 3 is 2.90 bits per heavy atom. The standard InChI is InChI=1S/C18H27NO2/c1-4-16-13(7-8-21-16)10-19-14-9-12(3)17-11(2)5-6-15(20)18(14)17/h5-6,12-14,16,19-20H,4,7-10H2,1-3H3. The van der Waals surface area contributed by atoms with Crippen LogP contribution in [0, 0.1) is 12.8 Å². The zero-order valence-corrected chi connectivity index (χ0v) is 13.4. The highest BCUT2D eigenvalue weighted by molar-refractivity contribution is 5.50. The molecule has 3 heteroatoms. The lowest BCUT2D eigenvalue weighted by molar-refractivity contribution is 0.0865. The van der Waals surface area contributed by atoms with Crippen LogP contribution in [0.5, 0.6) is 5.75 Å². The number of phenolic OH excluding ortho intramolecular Hbond substituents is 1. The van der Waals surface area contributed by atoms with Crippen LogP contribution in [0.2, 0.25) is 0 Å². The van der Waals surface area contributed by atoms with E-state index in [9.17, 15) is 5.11 Å². The molecule has 0 amide bonds. The Labute approximate surface area is 127 Å². The molecule has 2 aliphatic rings. The molecule has 3 rings (SSSR count). The molecule has 4 unspecified atom stereocenters. The fraction of sp³-hybridized carbons (Fsp3) is 0.667. The Hall–Kier alpha value is -1.06. The van der Waals surface area contributed by atoms with Gasteiger partial charge in [-0.25, -0.2) is 0 Å². The van der Waals surface area contributed by atoms with Crippen molar-refractivity contribution in [2.75, 3.05) is 13.2 Å². The van der Waals surface area contributed by atoms with Gasteiger partial charge in [0.1, 0.15) is 5.75 Å². The smallest absolute Gasteiger partial charge is 0.120 e. The summed E-state index contributed by atoms with van der Waals surface area (Å²) in [6.07, 6.45) is 3.73. The van der Waals surface area contributed by atoms with Crippen LogP contribution in [-0.2, 0) is 4.74 Å². The van der Waals surface area contributed by atoms with E-state index in [1.54, 1.807) is 0 Å². The number of hydrogen-bond donors (Lipinski definition) is 2. The Balaban J connectivity index is 1.73. The van der Waals surface area contributed by atoms with E-state index in [0.717, 1.165) is 38.0 Å². The third-order valence-electron chi connectivity index (χ3n) is 5.29. The number of rotatable bonds is 4. The summed E-state index contributed by atoms with van der Waals surface area (Å²) >= 11 is 0. The van der Waals surface area contributed by atoms with E-state index >= 15 is 0 Å². The first kappa shape index (κ1) is 14.9. The molecule has 4 atom stereocenters. The van der Waals surface area contributed by atoms with E-state index in [0.29, 0.717) is 23.7 Å². The van der Waals surface area contributed by atoms with Gasteiger partial charge in [-0.3, -0.25) is 0 Å². The predicted octanol–water partition coefficient (Wildman–Crippen LogP) is 3.65. The van der Waals surface area contributed by atoms with Gasteiger partial charge in [-0.15, -0.1) is 0 Å². The van der Waals surface area contributed by atoms with Gasteiger partial charge in [0.05, 0.1) is 6.10 Å². The van der Waals surface area contributed by atoms with Gasteiger partial charge >= 0.3 is 0 Å². The maximum Gasteiger partial charge on any atom is 0.120 e. The Kier molecular flexibility index (Phi) is 4.23. The number of aryl methyl sites for hydroxylation is 1. The molecule has 1 heterocycles. The minimum Gasteiger partial charge on any atom is -0.508 e. The number of hydrogen-bond acceptors (Lipinski definition) is 3. The van der Waals surface area contributed by atoms with E-state index in [4.69, 9.17) is 4.74 Å². The van der Waals surface area contributed by atoms with Crippen molar-refractivity contribution in [3.05, 3.63) is 28.8 Å². The first-order chi connectivity index (χ1) is 10.1. The lowest BCUT2D eigenvalue weighted by Gasteiger charge is -2.21. The SMILES string of the molecule is CCC1OCCC1CNC1CC(C)c2c(C)ccc(O)c21.